The number of rotatable bonds is 4. The van der Waals surface area contributed by atoms with Gasteiger partial charge >= 0.3 is 0 Å². The Morgan fingerprint density at radius 2 is 1.79 bits per heavy atom. The molecule has 2 aromatic carbocycles. The number of carbonyl (C=O) groups is 1. The molecule has 5 heteroatoms. The second-order valence-electron chi connectivity index (χ2n) is 5.78. The highest BCUT2D eigenvalue weighted by Gasteiger charge is 2.31. The van der Waals surface area contributed by atoms with E-state index in [1.165, 1.54) is 24.3 Å². The van der Waals surface area contributed by atoms with Gasteiger partial charge in [-0.2, -0.15) is 0 Å². The normalized spacial score (nSPS) is 17.0. The molecule has 1 amide bonds. The molecule has 0 bridgehead atoms. The zero-order valence-corrected chi connectivity index (χ0v) is 13.8. The molecule has 24 heavy (non-hydrogen) atoms. The van der Waals surface area contributed by atoms with E-state index in [0.29, 0.717) is 23.6 Å². The highest BCUT2D eigenvalue weighted by molar-refractivity contribution is 5.94. The van der Waals surface area contributed by atoms with Gasteiger partial charge in [0.15, 0.2) is 11.5 Å². The van der Waals surface area contributed by atoms with Gasteiger partial charge in [0.05, 0.1) is 20.3 Å². The molecule has 1 saturated heterocycles. The summed E-state index contributed by atoms with van der Waals surface area (Å²) in [5.74, 6) is 0.892. The molecule has 1 atom stereocenters. The number of benzene rings is 2. The average molecular weight is 329 g/mol. The van der Waals surface area contributed by atoms with Crippen LogP contribution in [0.5, 0.6) is 11.5 Å². The summed E-state index contributed by atoms with van der Waals surface area (Å²) in [6, 6.07) is 11.4. The van der Waals surface area contributed by atoms with Crippen LogP contribution in [0.4, 0.5) is 4.39 Å². The van der Waals surface area contributed by atoms with Gasteiger partial charge < -0.3 is 14.4 Å². The van der Waals surface area contributed by atoms with E-state index in [-0.39, 0.29) is 17.8 Å². The number of amides is 1. The van der Waals surface area contributed by atoms with Gasteiger partial charge in [0, 0.05) is 12.1 Å². The summed E-state index contributed by atoms with van der Waals surface area (Å²) in [6.07, 6.45) is 1.83. The Morgan fingerprint density at radius 1 is 1.08 bits per heavy atom. The van der Waals surface area contributed by atoms with Crippen molar-refractivity contribution in [3.8, 4) is 11.5 Å². The zero-order valence-electron chi connectivity index (χ0n) is 13.8. The van der Waals surface area contributed by atoms with Gasteiger partial charge in [-0.3, -0.25) is 4.79 Å². The van der Waals surface area contributed by atoms with Crippen molar-refractivity contribution >= 4 is 5.91 Å². The molecule has 0 radical (unpaired) electrons. The first-order chi connectivity index (χ1) is 11.6. The van der Waals surface area contributed by atoms with E-state index in [2.05, 4.69) is 0 Å². The van der Waals surface area contributed by atoms with Crippen LogP contribution in [0.15, 0.2) is 42.5 Å². The largest absolute Gasteiger partial charge is 0.493 e. The van der Waals surface area contributed by atoms with Crippen molar-refractivity contribution < 1.29 is 18.7 Å². The Kier molecular flexibility index (Phi) is 4.69. The summed E-state index contributed by atoms with van der Waals surface area (Å²) in [6.45, 7) is 0.690. The smallest absolute Gasteiger partial charge is 0.254 e. The van der Waals surface area contributed by atoms with Crippen molar-refractivity contribution in [2.24, 2.45) is 0 Å². The Hall–Kier alpha value is -2.56. The third-order valence-electron chi connectivity index (χ3n) is 4.40. The molecule has 1 heterocycles. The van der Waals surface area contributed by atoms with Gasteiger partial charge in [0.1, 0.15) is 5.82 Å². The van der Waals surface area contributed by atoms with Gasteiger partial charge in [-0.1, -0.05) is 6.07 Å². The maximum Gasteiger partial charge on any atom is 0.254 e. The molecule has 0 unspecified atom stereocenters. The van der Waals surface area contributed by atoms with Crippen LogP contribution in [-0.2, 0) is 0 Å². The summed E-state index contributed by atoms with van der Waals surface area (Å²) in [7, 11) is 3.19. The minimum Gasteiger partial charge on any atom is -0.493 e. The third kappa shape index (κ3) is 3.07. The lowest BCUT2D eigenvalue weighted by Crippen LogP contribution is -2.30. The molecule has 3 rings (SSSR count). The molecular weight excluding hydrogens is 309 g/mol. The van der Waals surface area contributed by atoms with Crippen molar-refractivity contribution in [2.45, 2.75) is 18.9 Å². The SMILES string of the molecule is COc1ccc([C@H]2CCCN2C(=O)c2ccc(F)cc2)cc1OC. The number of ether oxygens (including phenoxy) is 2. The number of likely N-dealkylation sites (tertiary alicyclic amines) is 1. The van der Waals surface area contributed by atoms with Crippen LogP contribution in [0, 0.1) is 5.82 Å². The summed E-state index contributed by atoms with van der Waals surface area (Å²) < 4.78 is 23.7. The van der Waals surface area contributed by atoms with Gasteiger partial charge in [-0.25, -0.2) is 4.39 Å². The van der Waals surface area contributed by atoms with E-state index >= 15 is 0 Å². The fraction of sp³-hybridized carbons (Fsp3) is 0.316. The van der Waals surface area contributed by atoms with Gasteiger partial charge in [-0.15, -0.1) is 0 Å². The molecule has 0 aromatic heterocycles. The average Bonchev–Trinajstić information content (AvgIpc) is 3.10. The molecule has 0 N–H and O–H groups in total. The second kappa shape index (κ2) is 6.91. The number of hydrogen-bond acceptors (Lipinski definition) is 3. The second-order valence-corrected chi connectivity index (χ2v) is 5.78. The predicted octanol–water partition coefficient (Wildman–Crippen LogP) is 3.82. The lowest BCUT2D eigenvalue weighted by molar-refractivity contribution is 0.0735. The summed E-state index contributed by atoms with van der Waals surface area (Å²) in [4.78, 5) is 14.6. The van der Waals surface area contributed by atoms with Gasteiger partial charge in [0.2, 0.25) is 0 Å². The molecule has 1 fully saturated rings. The van der Waals surface area contributed by atoms with Crippen molar-refractivity contribution in [2.75, 3.05) is 20.8 Å². The maximum atomic E-state index is 13.1. The molecule has 2 aromatic rings. The van der Waals surface area contributed by atoms with Crippen LogP contribution in [-0.4, -0.2) is 31.6 Å². The molecule has 1 aliphatic rings. The van der Waals surface area contributed by atoms with E-state index in [1.807, 2.05) is 23.1 Å². The number of carbonyl (C=O) groups excluding carboxylic acids is 1. The van der Waals surface area contributed by atoms with E-state index in [1.54, 1.807) is 14.2 Å². The summed E-state index contributed by atoms with van der Waals surface area (Å²) in [5.41, 5.74) is 1.52. The number of hydrogen-bond donors (Lipinski definition) is 0. The first-order valence-corrected chi connectivity index (χ1v) is 7.92. The van der Waals surface area contributed by atoms with Crippen molar-refractivity contribution in [3.05, 3.63) is 59.4 Å². The monoisotopic (exact) mass is 329 g/mol. The fourth-order valence-electron chi connectivity index (χ4n) is 3.17. The molecule has 0 spiro atoms. The van der Waals surface area contributed by atoms with Crippen LogP contribution in [0.25, 0.3) is 0 Å². The molecule has 4 nitrogen and oxygen atoms in total. The van der Waals surface area contributed by atoms with E-state index in [0.717, 1.165) is 18.4 Å². The van der Waals surface area contributed by atoms with Crippen molar-refractivity contribution in [3.63, 3.8) is 0 Å². The van der Waals surface area contributed by atoms with Crippen LogP contribution in [0.2, 0.25) is 0 Å². The quantitative estimate of drug-likeness (QED) is 0.856. The third-order valence-corrected chi connectivity index (χ3v) is 4.40. The first kappa shape index (κ1) is 16.3. The Labute approximate surface area is 140 Å². The standard InChI is InChI=1S/C19H20FNO3/c1-23-17-10-7-14(12-18(17)24-2)16-4-3-11-21(16)19(22)13-5-8-15(20)9-6-13/h5-10,12,16H,3-4,11H2,1-2H3/t16-/m1/s1. The molecule has 1 aliphatic heterocycles. The van der Waals surface area contributed by atoms with Crippen molar-refractivity contribution in [1.29, 1.82) is 0 Å². The zero-order chi connectivity index (χ0) is 17.1. The lowest BCUT2D eigenvalue weighted by atomic mass is 10.0. The summed E-state index contributed by atoms with van der Waals surface area (Å²) >= 11 is 0. The minimum atomic E-state index is -0.343. The predicted molar refractivity (Wildman–Crippen MR) is 89.0 cm³/mol. The highest BCUT2D eigenvalue weighted by atomic mass is 19.1. The van der Waals surface area contributed by atoms with Crippen LogP contribution >= 0.6 is 0 Å². The van der Waals surface area contributed by atoms with Crippen molar-refractivity contribution in [1.82, 2.24) is 4.90 Å². The molecule has 126 valence electrons. The number of nitrogens with zero attached hydrogens (tertiary/aromatic N) is 1. The van der Waals surface area contributed by atoms with Gasteiger partial charge in [-0.05, 0) is 54.8 Å². The molecule has 0 saturated carbocycles. The van der Waals surface area contributed by atoms with E-state index < -0.39 is 0 Å². The Bertz CT molecular complexity index is 730. The minimum absolute atomic E-state index is 0.0117. The van der Waals surface area contributed by atoms with Crippen LogP contribution < -0.4 is 9.47 Å². The molecular formula is C19H20FNO3. The van der Waals surface area contributed by atoms with E-state index in [9.17, 15) is 9.18 Å². The molecule has 0 aliphatic carbocycles. The Balaban J connectivity index is 1.87. The van der Waals surface area contributed by atoms with E-state index in [4.69, 9.17) is 9.47 Å². The topological polar surface area (TPSA) is 38.8 Å². The van der Waals surface area contributed by atoms with Crippen LogP contribution in [0.3, 0.4) is 0 Å². The number of methoxy groups -OCH3 is 2. The lowest BCUT2D eigenvalue weighted by Gasteiger charge is -2.26. The first-order valence-electron chi connectivity index (χ1n) is 7.92. The Morgan fingerprint density at radius 3 is 2.46 bits per heavy atom. The fourth-order valence-corrected chi connectivity index (χ4v) is 3.17. The van der Waals surface area contributed by atoms with Crippen LogP contribution in [0.1, 0.15) is 34.8 Å². The van der Waals surface area contributed by atoms with Gasteiger partial charge in [0.25, 0.3) is 5.91 Å². The maximum absolute atomic E-state index is 13.1. The summed E-state index contributed by atoms with van der Waals surface area (Å²) in [5, 5.41) is 0. The number of halogens is 1. The highest BCUT2D eigenvalue weighted by Crippen LogP contribution is 2.37.